The van der Waals surface area contributed by atoms with Crippen LogP contribution in [0.15, 0.2) is 59.9 Å². The average Bonchev–Trinajstić information content (AvgIpc) is 3.18. The van der Waals surface area contributed by atoms with Gasteiger partial charge in [-0.2, -0.15) is 0 Å². The second kappa shape index (κ2) is 10.1. The molecule has 176 valence electrons. The van der Waals surface area contributed by atoms with Crippen LogP contribution in [0.1, 0.15) is 60.9 Å². The predicted octanol–water partition coefficient (Wildman–Crippen LogP) is 5.45. The standard InChI is InChI=1S/C25H30ClN3O3S/c1-17(2)28(24(30)21-7-6-8-22(26)13-21)15-23-14-27-25(29(23)18(3)4)33(31,32)16-20-11-9-19(5)10-12-20/h6-14,17-18H,15-16H2,1-5H3. The van der Waals surface area contributed by atoms with Gasteiger partial charge in [-0.3, -0.25) is 4.79 Å². The Balaban J connectivity index is 1.95. The fraction of sp³-hybridized carbons (Fsp3) is 0.360. The van der Waals surface area contributed by atoms with Crippen LogP contribution in [0.2, 0.25) is 5.02 Å². The maximum atomic E-state index is 13.3. The summed E-state index contributed by atoms with van der Waals surface area (Å²) in [4.78, 5) is 19.2. The number of hydrogen-bond donors (Lipinski definition) is 0. The Hall–Kier alpha value is -2.64. The first-order valence-electron chi connectivity index (χ1n) is 10.9. The highest BCUT2D eigenvalue weighted by molar-refractivity contribution is 7.90. The van der Waals surface area contributed by atoms with Crippen LogP contribution in [0.25, 0.3) is 0 Å². The number of carbonyl (C=O) groups is 1. The van der Waals surface area contributed by atoms with E-state index in [9.17, 15) is 13.2 Å². The molecule has 0 N–H and O–H groups in total. The smallest absolute Gasteiger partial charge is 0.254 e. The van der Waals surface area contributed by atoms with Crippen molar-refractivity contribution in [2.75, 3.05) is 0 Å². The number of halogens is 1. The maximum absolute atomic E-state index is 13.3. The molecule has 3 aromatic rings. The van der Waals surface area contributed by atoms with Crippen molar-refractivity contribution in [2.45, 2.75) is 64.2 Å². The second-order valence-electron chi connectivity index (χ2n) is 8.78. The van der Waals surface area contributed by atoms with Crippen LogP contribution < -0.4 is 0 Å². The first-order chi connectivity index (χ1) is 15.5. The van der Waals surface area contributed by atoms with Gasteiger partial charge in [0.15, 0.2) is 0 Å². The molecule has 0 unspecified atom stereocenters. The number of carbonyl (C=O) groups excluding carboxylic acids is 1. The molecule has 0 bridgehead atoms. The van der Waals surface area contributed by atoms with Crippen molar-refractivity contribution in [3.8, 4) is 0 Å². The van der Waals surface area contributed by atoms with Gasteiger partial charge in [0, 0.05) is 22.7 Å². The first-order valence-corrected chi connectivity index (χ1v) is 12.9. The summed E-state index contributed by atoms with van der Waals surface area (Å²) in [5.74, 6) is -0.306. The fourth-order valence-electron chi connectivity index (χ4n) is 3.70. The van der Waals surface area contributed by atoms with E-state index in [1.54, 1.807) is 39.9 Å². The van der Waals surface area contributed by atoms with Crippen LogP contribution >= 0.6 is 11.6 Å². The molecule has 8 heteroatoms. The minimum atomic E-state index is -3.68. The molecule has 0 aliphatic heterocycles. The lowest BCUT2D eigenvalue weighted by Gasteiger charge is -2.28. The molecule has 0 aliphatic rings. The van der Waals surface area contributed by atoms with Crippen LogP contribution in [0, 0.1) is 6.92 Å². The fourth-order valence-corrected chi connectivity index (χ4v) is 5.49. The summed E-state index contributed by atoms with van der Waals surface area (Å²) in [5.41, 5.74) is 2.93. The van der Waals surface area contributed by atoms with Crippen molar-refractivity contribution in [1.29, 1.82) is 0 Å². The lowest BCUT2D eigenvalue weighted by molar-refractivity contribution is 0.0684. The minimum Gasteiger partial charge on any atom is -0.330 e. The molecule has 0 spiro atoms. The normalized spacial score (nSPS) is 11.9. The van der Waals surface area contributed by atoms with E-state index in [2.05, 4.69) is 4.98 Å². The Morgan fingerprint density at radius 3 is 2.33 bits per heavy atom. The Kier molecular flexibility index (Phi) is 7.65. The van der Waals surface area contributed by atoms with E-state index in [-0.39, 0.29) is 35.4 Å². The molecule has 0 radical (unpaired) electrons. The number of imidazole rings is 1. The van der Waals surface area contributed by atoms with Crippen molar-refractivity contribution < 1.29 is 13.2 Å². The molecule has 1 heterocycles. The van der Waals surface area contributed by atoms with Crippen molar-refractivity contribution in [3.63, 3.8) is 0 Å². The zero-order chi connectivity index (χ0) is 24.3. The molecule has 0 saturated heterocycles. The topological polar surface area (TPSA) is 72.3 Å². The van der Waals surface area contributed by atoms with Gasteiger partial charge in [0.2, 0.25) is 15.0 Å². The van der Waals surface area contributed by atoms with Crippen LogP contribution in [0.4, 0.5) is 0 Å². The van der Waals surface area contributed by atoms with E-state index in [4.69, 9.17) is 11.6 Å². The number of nitrogens with zero attached hydrogens (tertiary/aromatic N) is 3. The first kappa shape index (κ1) is 25.0. The largest absolute Gasteiger partial charge is 0.330 e. The lowest BCUT2D eigenvalue weighted by Crippen LogP contribution is -2.37. The van der Waals surface area contributed by atoms with E-state index >= 15 is 0 Å². The van der Waals surface area contributed by atoms with Gasteiger partial charge in [-0.1, -0.05) is 47.5 Å². The third kappa shape index (κ3) is 5.84. The SMILES string of the molecule is Cc1ccc(CS(=O)(=O)c2ncc(CN(C(=O)c3cccc(Cl)c3)C(C)C)n2C(C)C)cc1. The van der Waals surface area contributed by atoms with Gasteiger partial charge in [-0.05, 0) is 58.4 Å². The van der Waals surface area contributed by atoms with E-state index in [0.29, 0.717) is 21.8 Å². The number of amides is 1. The Morgan fingerprint density at radius 1 is 1.09 bits per heavy atom. The summed E-state index contributed by atoms with van der Waals surface area (Å²) in [7, 11) is -3.68. The molecule has 0 atom stereocenters. The van der Waals surface area contributed by atoms with Crippen molar-refractivity contribution in [2.24, 2.45) is 0 Å². The summed E-state index contributed by atoms with van der Waals surface area (Å²) >= 11 is 6.08. The minimum absolute atomic E-state index is 0.0204. The quantitative estimate of drug-likeness (QED) is 0.423. The van der Waals surface area contributed by atoms with Gasteiger partial charge >= 0.3 is 0 Å². The van der Waals surface area contributed by atoms with Crippen LogP contribution in [0.3, 0.4) is 0 Å². The third-order valence-electron chi connectivity index (χ3n) is 5.40. The zero-order valence-electron chi connectivity index (χ0n) is 19.6. The zero-order valence-corrected chi connectivity index (χ0v) is 21.2. The lowest BCUT2D eigenvalue weighted by atomic mass is 10.1. The number of rotatable bonds is 8. The molecule has 33 heavy (non-hydrogen) atoms. The molecule has 0 fully saturated rings. The number of hydrogen-bond acceptors (Lipinski definition) is 4. The Morgan fingerprint density at radius 2 is 1.76 bits per heavy atom. The van der Waals surface area contributed by atoms with Crippen molar-refractivity contribution >= 4 is 27.3 Å². The number of sulfone groups is 1. The number of benzene rings is 2. The number of aryl methyl sites for hydroxylation is 1. The summed E-state index contributed by atoms with van der Waals surface area (Å²) in [6.45, 7) is 9.86. The highest BCUT2D eigenvalue weighted by atomic mass is 35.5. The average molecular weight is 488 g/mol. The summed E-state index contributed by atoms with van der Waals surface area (Å²) in [6, 6.07) is 14.0. The van der Waals surface area contributed by atoms with Gasteiger partial charge < -0.3 is 9.47 Å². The van der Waals surface area contributed by atoms with Crippen LogP contribution in [0.5, 0.6) is 0 Å². The van der Waals surface area contributed by atoms with Gasteiger partial charge in [-0.15, -0.1) is 0 Å². The maximum Gasteiger partial charge on any atom is 0.254 e. The number of aromatic nitrogens is 2. The van der Waals surface area contributed by atoms with E-state index in [1.807, 2.05) is 58.9 Å². The van der Waals surface area contributed by atoms with Gasteiger partial charge in [0.05, 0.1) is 24.2 Å². The molecule has 3 rings (SSSR count). The highest BCUT2D eigenvalue weighted by Gasteiger charge is 2.28. The van der Waals surface area contributed by atoms with Crippen molar-refractivity contribution in [3.05, 3.63) is 82.1 Å². The molecule has 6 nitrogen and oxygen atoms in total. The summed E-state index contributed by atoms with van der Waals surface area (Å²) in [6.07, 6.45) is 1.56. The third-order valence-corrected chi connectivity index (χ3v) is 7.21. The van der Waals surface area contributed by atoms with E-state index < -0.39 is 9.84 Å². The molecule has 1 amide bonds. The van der Waals surface area contributed by atoms with E-state index in [0.717, 1.165) is 5.56 Å². The van der Waals surface area contributed by atoms with Crippen LogP contribution in [-0.2, 0) is 22.1 Å². The van der Waals surface area contributed by atoms with Gasteiger partial charge in [-0.25, -0.2) is 13.4 Å². The van der Waals surface area contributed by atoms with Crippen LogP contribution in [-0.4, -0.2) is 34.8 Å². The van der Waals surface area contributed by atoms with Gasteiger partial charge in [0.1, 0.15) is 0 Å². The summed E-state index contributed by atoms with van der Waals surface area (Å²) in [5, 5.41) is 0.508. The Labute approximate surface area is 201 Å². The monoisotopic (exact) mass is 487 g/mol. The molecule has 0 aliphatic carbocycles. The molecular weight excluding hydrogens is 458 g/mol. The highest BCUT2D eigenvalue weighted by Crippen LogP contribution is 2.24. The second-order valence-corrected chi connectivity index (χ2v) is 11.1. The van der Waals surface area contributed by atoms with Crippen molar-refractivity contribution in [1.82, 2.24) is 14.5 Å². The predicted molar refractivity (Wildman–Crippen MR) is 131 cm³/mol. The summed E-state index contributed by atoms with van der Waals surface area (Å²) < 4.78 is 28.2. The molecule has 2 aromatic carbocycles. The molecule has 1 aromatic heterocycles. The Bertz CT molecular complexity index is 1230. The van der Waals surface area contributed by atoms with E-state index in [1.165, 1.54) is 0 Å². The van der Waals surface area contributed by atoms with Gasteiger partial charge in [0.25, 0.3) is 5.91 Å². The molecule has 0 saturated carbocycles. The molecular formula is C25H30ClN3O3S.